The molecule has 2 aromatic carbocycles. The number of carbonyl (C=O) groups excluding carboxylic acids is 1. The lowest BCUT2D eigenvalue weighted by atomic mass is 10.2. The third-order valence-corrected chi connectivity index (χ3v) is 4.17. The van der Waals surface area contributed by atoms with E-state index in [1.54, 1.807) is 12.1 Å². The van der Waals surface area contributed by atoms with Gasteiger partial charge in [0.2, 0.25) is 11.8 Å². The van der Waals surface area contributed by atoms with Crippen molar-refractivity contribution in [2.24, 2.45) is 0 Å². The van der Waals surface area contributed by atoms with Gasteiger partial charge >= 0.3 is 0 Å². The Bertz CT molecular complexity index is 839. The van der Waals surface area contributed by atoms with Gasteiger partial charge in [0.25, 0.3) is 5.22 Å². The summed E-state index contributed by atoms with van der Waals surface area (Å²) >= 11 is 1.30. The predicted molar refractivity (Wildman–Crippen MR) is 93.9 cm³/mol. The molecule has 25 heavy (non-hydrogen) atoms. The number of nitrogens with zero attached hydrogens (tertiary/aromatic N) is 2. The van der Waals surface area contributed by atoms with Crippen molar-refractivity contribution in [3.05, 3.63) is 71.9 Å². The van der Waals surface area contributed by atoms with E-state index in [4.69, 9.17) is 4.42 Å². The maximum Gasteiger partial charge on any atom is 0.276 e. The zero-order valence-corrected chi connectivity index (χ0v) is 14.1. The molecular formula is C18H16FN3O2S. The molecule has 0 aliphatic rings. The highest BCUT2D eigenvalue weighted by atomic mass is 32.2. The second kappa shape index (κ2) is 8.43. The van der Waals surface area contributed by atoms with Crippen molar-refractivity contribution in [3.63, 3.8) is 0 Å². The van der Waals surface area contributed by atoms with Crippen molar-refractivity contribution >= 4 is 23.4 Å². The van der Waals surface area contributed by atoms with Gasteiger partial charge in [-0.3, -0.25) is 4.79 Å². The first-order valence-electron chi connectivity index (χ1n) is 7.74. The van der Waals surface area contributed by atoms with Crippen LogP contribution in [0.5, 0.6) is 0 Å². The van der Waals surface area contributed by atoms with Crippen molar-refractivity contribution in [1.29, 1.82) is 0 Å². The summed E-state index contributed by atoms with van der Waals surface area (Å²) in [6, 6.07) is 15.9. The molecule has 0 fully saturated rings. The molecule has 1 aromatic heterocycles. The quantitative estimate of drug-likeness (QED) is 0.649. The molecular weight excluding hydrogens is 341 g/mol. The number of thioether (sulfide) groups is 1. The monoisotopic (exact) mass is 357 g/mol. The van der Waals surface area contributed by atoms with Gasteiger partial charge in [-0.1, -0.05) is 54.2 Å². The summed E-state index contributed by atoms with van der Waals surface area (Å²) in [6.45, 7) is 0. The van der Waals surface area contributed by atoms with Crippen molar-refractivity contribution in [1.82, 2.24) is 10.2 Å². The summed E-state index contributed by atoms with van der Waals surface area (Å²) in [5.41, 5.74) is 1.27. The second-order valence-corrected chi connectivity index (χ2v) is 6.30. The average molecular weight is 357 g/mol. The molecule has 0 saturated carbocycles. The number of nitrogens with one attached hydrogen (secondary N) is 1. The molecule has 3 aromatic rings. The number of rotatable bonds is 7. The molecule has 0 aliphatic carbocycles. The fraction of sp³-hybridized carbons (Fsp3) is 0.167. The highest BCUT2D eigenvalue weighted by molar-refractivity contribution is 7.99. The number of halogens is 1. The number of amides is 1. The van der Waals surface area contributed by atoms with Crippen LogP contribution in [0.4, 0.5) is 10.1 Å². The molecule has 0 aliphatic heterocycles. The Morgan fingerprint density at radius 3 is 2.64 bits per heavy atom. The zero-order valence-electron chi connectivity index (χ0n) is 13.3. The Kier molecular flexibility index (Phi) is 5.79. The topological polar surface area (TPSA) is 68.0 Å². The summed E-state index contributed by atoms with van der Waals surface area (Å²) in [5.74, 6) is 0.282. The molecule has 1 amide bonds. The fourth-order valence-electron chi connectivity index (χ4n) is 2.14. The summed E-state index contributed by atoms with van der Waals surface area (Å²) < 4.78 is 19.0. The Morgan fingerprint density at radius 2 is 1.84 bits per heavy atom. The molecule has 0 bridgehead atoms. The minimum Gasteiger partial charge on any atom is -0.416 e. The summed E-state index contributed by atoms with van der Waals surface area (Å²) in [4.78, 5) is 11.8. The molecule has 7 heteroatoms. The number of carbonyl (C=O) groups is 1. The van der Waals surface area contributed by atoms with Gasteiger partial charge in [0.15, 0.2) is 0 Å². The number of para-hydroxylation sites is 1. The lowest BCUT2D eigenvalue weighted by Crippen LogP contribution is -2.13. The van der Waals surface area contributed by atoms with E-state index in [9.17, 15) is 9.18 Å². The highest BCUT2D eigenvalue weighted by Gasteiger charge is 2.10. The van der Waals surface area contributed by atoms with E-state index in [2.05, 4.69) is 15.5 Å². The zero-order chi connectivity index (χ0) is 17.5. The Hall–Kier alpha value is -2.67. The van der Waals surface area contributed by atoms with Crippen molar-refractivity contribution in [3.8, 4) is 0 Å². The molecule has 1 N–H and O–H groups in total. The van der Waals surface area contributed by atoms with Gasteiger partial charge < -0.3 is 9.73 Å². The van der Waals surface area contributed by atoms with Crippen LogP contribution in [0.3, 0.4) is 0 Å². The highest BCUT2D eigenvalue weighted by Crippen LogP contribution is 2.19. The van der Waals surface area contributed by atoms with Crippen LogP contribution in [0.1, 0.15) is 17.9 Å². The Balaban J connectivity index is 1.45. The molecule has 1 heterocycles. The van der Waals surface area contributed by atoms with Crippen molar-refractivity contribution < 1.29 is 13.6 Å². The average Bonchev–Trinajstić information content (AvgIpc) is 3.05. The van der Waals surface area contributed by atoms with E-state index in [-0.39, 0.29) is 18.0 Å². The summed E-state index contributed by atoms with van der Waals surface area (Å²) in [6.07, 6.45) is 0.789. The van der Waals surface area contributed by atoms with Crippen LogP contribution in [0.25, 0.3) is 0 Å². The standard InChI is InChI=1S/C18H16FN3O2S/c19-14-8-4-5-9-15(14)20-16(23)10-11-25-18-22-21-17(24-18)12-13-6-2-1-3-7-13/h1-9H,10-12H2,(H,20,23). The van der Waals surface area contributed by atoms with Crippen LogP contribution in [0, 0.1) is 5.82 Å². The molecule has 3 rings (SSSR count). The van der Waals surface area contributed by atoms with Crippen LogP contribution in [-0.4, -0.2) is 21.9 Å². The smallest absolute Gasteiger partial charge is 0.276 e. The van der Waals surface area contributed by atoms with Gasteiger partial charge in [0.05, 0.1) is 12.1 Å². The molecule has 0 spiro atoms. The molecule has 0 unspecified atom stereocenters. The first-order chi connectivity index (χ1) is 12.2. The molecule has 0 atom stereocenters. The minimum atomic E-state index is -0.453. The number of hydrogen-bond donors (Lipinski definition) is 1. The van der Waals surface area contributed by atoms with Gasteiger partial charge in [-0.15, -0.1) is 10.2 Å². The summed E-state index contributed by atoms with van der Waals surface area (Å²) in [5, 5.41) is 10.9. The summed E-state index contributed by atoms with van der Waals surface area (Å²) in [7, 11) is 0. The van der Waals surface area contributed by atoms with E-state index in [1.807, 2.05) is 30.3 Å². The molecule has 0 radical (unpaired) electrons. The van der Waals surface area contributed by atoms with Crippen molar-refractivity contribution in [2.45, 2.75) is 18.1 Å². The number of benzene rings is 2. The second-order valence-electron chi connectivity index (χ2n) is 5.25. The fourth-order valence-corrected chi connectivity index (χ4v) is 2.86. The van der Waals surface area contributed by atoms with Gasteiger partial charge in [-0.05, 0) is 17.7 Å². The van der Waals surface area contributed by atoms with Crippen LogP contribution in [0.15, 0.2) is 64.2 Å². The normalized spacial score (nSPS) is 10.6. The Labute approximate surface area is 148 Å². The van der Waals surface area contributed by atoms with E-state index < -0.39 is 5.82 Å². The maximum absolute atomic E-state index is 13.5. The van der Waals surface area contributed by atoms with Gasteiger partial charge in [-0.2, -0.15) is 0 Å². The third-order valence-electron chi connectivity index (χ3n) is 3.35. The van der Waals surface area contributed by atoms with Gasteiger partial charge in [-0.25, -0.2) is 4.39 Å². The van der Waals surface area contributed by atoms with E-state index in [0.717, 1.165) is 5.56 Å². The van der Waals surface area contributed by atoms with Crippen LogP contribution >= 0.6 is 11.8 Å². The number of anilines is 1. The van der Waals surface area contributed by atoms with Crippen molar-refractivity contribution in [2.75, 3.05) is 11.1 Å². The third kappa shape index (κ3) is 5.15. The minimum absolute atomic E-state index is 0.181. The van der Waals surface area contributed by atoms with Gasteiger partial charge in [0.1, 0.15) is 5.82 Å². The first kappa shape index (κ1) is 17.2. The number of aromatic nitrogens is 2. The molecule has 128 valence electrons. The van der Waals surface area contributed by atoms with E-state index in [1.165, 1.54) is 23.9 Å². The SMILES string of the molecule is O=C(CCSc1nnc(Cc2ccccc2)o1)Nc1ccccc1F. The largest absolute Gasteiger partial charge is 0.416 e. The lowest BCUT2D eigenvalue weighted by Gasteiger charge is -2.05. The first-order valence-corrected chi connectivity index (χ1v) is 8.73. The van der Waals surface area contributed by atoms with Crippen LogP contribution < -0.4 is 5.32 Å². The molecule has 0 saturated heterocycles. The maximum atomic E-state index is 13.5. The van der Waals surface area contributed by atoms with E-state index in [0.29, 0.717) is 23.3 Å². The predicted octanol–water partition coefficient (Wildman–Crippen LogP) is 3.92. The van der Waals surface area contributed by atoms with Crippen LogP contribution in [0.2, 0.25) is 0 Å². The van der Waals surface area contributed by atoms with Crippen LogP contribution in [-0.2, 0) is 11.2 Å². The van der Waals surface area contributed by atoms with Gasteiger partial charge in [0, 0.05) is 12.2 Å². The molecule has 5 nitrogen and oxygen atoms in total. The lowest BCUT2D eigenvalue weighted by molar-refractivity contribution is -0.115. The Morgan fingerprint density at radius 1 is 1.08 bits per heavy atom. The van der Waals surface area contributed by atoms with E-state index >= 15 is 0 Å². The number of hydrogen-bond acceptors (Lipinski definition) is 5.